The van der Waals surface area contributed by atoms with E-state index in [4.69, 9.17) is 5.11 Å². The average Bonchev–Trinajstić information content (AvgIpc) is 2.31. The second-order valence-electron chi connectivity index (χ2n) is 4.92. The fourth-order valence-electron chi connectivity index (χ4n) is 1.83. The normalized spacial score (nSPS) is 12.1. The lowest BCUT2D eigenvalue weighted by Gasteiger charge is -2.12. The van der Waals surface area contributed by atoms with Gasteiger partial charge in [0.05, 0.1) is 0 Å². The number of rotatable bonds is 11. The Labute approximate surface area is 110 Å². The van der Waals surface area contributed by atoms with Gasteiger partial charge in [-0.25, -0.2) is 0 Å². The average molecular weight is 257 g/mol. The van der Waals surface area contributed by atoms with E-state index in [-0.39, 0.29) is 18.4 Å². The second kappa shape index (κ2) is 11.1. The highest BCUT2D eigenvalue weighted by Gasteiger charge is 2.08. The highest BCUT2D eigenvalue weighted by Crippen LogP contribution is 2.07. The summed E-state index contributed by atoms with van der Waals surface area (Å²) in [6.45, 7) is 4.04. The minimum atomic E-state index is -0.813. The van der Waals surface area contributed by atoms with Gasteiger partial charge in [0.1, 0.15) is 0 Å². The van der Waals surface area contributed by atoms with E-state index in [1.807, 2.05) is 6.92 Å². The van der Waals surface area contributed by atoms with Crippen molar-refractivity contribution in [3.63, 3.8) is 0 Å². The number of nitrogens with one attached hydrogen (secondary N) is 1. The predicted octanol–water partition coefficient (Wildman–Crippen LogP) is 3.11. The second-order valence-corrected chi connectivity index (χ2v) is 4.92. The van der Waals surface area contributed by atoms with Gasteiger partial charge in [0.2, 0.25) is 5.91 Å². The molecule has 1 atom stereocenters. The van der Waals surface area contributed by atoms with Crippen LogP contribution in [0.1, 0.15) is 71.6 Å². The summed E-state index contributed by atoms with van der Waals surface area (Å²) in [7, 11) is 0. The van der Waals surface area contributed by atoms with Crippen molar-refractivity contribution in [1.29, 1.82) is 0 Å². The first kappa shape index (κ1) is 16.9. The zero-order chi connectivity index (χ0) is 13.8. The van der Waals surface area contributed by atoms with Crippen LogP contribution in [0, 0.1) is 0 Å². The molecule has 0 aliphatic rings. The van der Waals surface area contributed by atoms with E-state index in [0.717, 1.165) is 12.8 Å². The predicted molar refractivity (Wildman–Crippen MR) is 72.5 cm³/mol. The summed E-state index contributed by atoms with van der Waals surface area (Å²) in [5.74, 6) is -0.768. The molecule has 0 heterocycles. The molecule has 0 radical (unpaired) electrons. The molecule has 4 heteroatoms. The first-order valence-corrected chi connectivity index (χ1v) is 7.07. The molecule has 0 aromatic carbocycles. The Hall–Kier alpha value is -1.06. The van der Waals surface area contributed by atoms with Gasteiger partial charge in [-0.3, -0.25) is 9.59 Å². The molecule has 0 bridgehead atoms. The summed E-state index contributed by atoms with van der Waals surface area (Å²) in [6, 6.07) is -0.0475. The number of hydrogen-bond acceptors (Lipinski definition) is 2. The Kier molecular flexibility index (Phi) is 10.4. The van der Waals surface area contributed by atoms with E-state index in [1.54, 1.807) is 0 Å². The minimum absolute atomic E-state index is 0.0448. The van der Waals surface area contributed by atoms with Crippen molar-refractivity contribution in [1.82, 2.24) is 5.32 Å². The smallest absolute Gasteiger partial charge is 0.303 e. The van der Waals surface area contributed by atoms with Crippen LogP contribution in [0.2, 0.25) is 0 Å². The van der Waals surface area contributed by atoms with Crippen LogP contribution in [0.25, 0.3) is 0 Å². The van der Waals surface area contributed by atoms with E-state index in [9.17, 15) is 9.59 Å². The maximum atomic E-state index is 11.5. The number of aliphatic carboxylic acids is 1. The molecule has 0 aromatic heterocycles. The summed E-state index contributed by atoms with van der Waals surface area (Å²) in [6.07, 6.45) is 8.18. The number of carboxylic acids is 1. The molecule has 4 nitrogen and oxygen atoms in total. The molecule has 1 amide bonds. The quantitative estimate of drug-likeness (QED) is 0.559. The standard InChI is InChI=1S/C14H27NO3/c1-3-4-5-6-7-8-9-13(16)15-12(2)10-11-14(17)18/h12H,3-11H2,1-2H3,(H,15,16)(H,17,18). The Balaban J connectivity index is 3.44. The van der Waals surface area contributed by atoms with Crippen LogP contribution >= 0.6 is 0 Å². The van der Waals surface area contributed by atoms with Crippen LogP contribution in [-0.4, -0.2) is 23.0 Å². The van der Waals surface area contributed by atoms with E-state index >= 15 is 0 Å². The van der Waals surface area contributed by atoms with Gasteiger partial charge in [-0.1, -0.05) is 39.0 Å². The monoisotopic (exact) mass is 257 g/mol. The van der Waals surface area contributed by atoms with Crippen molar-refractivity contribution in [3.05, 3.63) is 0 Å². The van der Waals surface area contributed by atoms with Crippen molar-refractivity contribution in [2.45, 2.75) is 77.7 Å². The van der Waals surface area contributed by atoms with Crippen LogP contribution in [0.5, 0.6) is 0 Å². The van der Waals surface area contributed by atoms with Gasteiger partial charge in [-0.15, -0.1) is 0 Å². The van der Waals surface area contributed by atoms with Crippen molar-refractivity contribution in [2.75, 3.05) is 0 Å². The summed E-state index contributed by atoms with van der Waals surface area (Å²) in [4.78, 5) is 21.9. The van der Waals surface area contributed by atoms with Crippen molar-refractivity contribution >= 4 is 11.9 Å². The maximum Gasteiger partial charge on any atom is 0.303 e. The zero-order valence-corrected chi connectivity index (χ0v) is 11.7. The Morgan fingerprint density at radius 1 is 1.06 bits per heavy atom. The van der Waals surface area contributed by atoms with Gasteiger partial charge in [0, 0.05) is 18.9 Å². The molecule has 0 aliphatic heterocycles. The first-order chi connectivity index (χ1) is 8.56. The van der Waals surface area contributed by atoms with Crippen molar-refractivity contribution in [2.24, 2.45) is 0 Å². The molecule has 0 aliphatic carbocycles. The Morgan fingerprint density at radius 2 is 1.67 bits per heavy atom. The number of hydrogen-bond donors (Lipinski definition) is 2. The van der Waals surface area contributed by atoms with Gasteiger partial charge in [-0.05, 0) is 19.8 Å². The van der Waals surface area contributed by atoms with Crippen molar-refractivity contribution < 1.29 is 14.7 Å². The molecule has 0 fully saturated rings. The van der Waals surface area contributed by atoms with E-state index < -0.39 is 5.97 Å². The van der Waals surface area contributed by atoms with Crippen LogP contribution in [-0.2, 0) is 9.59 Å². The molecule has 0 spiro atoms. The van der Waals surface area contributed by atoms with Crippen LogP contribution in [0.3, 0.4) is 0 Å². The highest BCUT2D eigenvalue weighted by molar-refractivity contribution is 5.76. The van der Waals surface area contributed by atoms with Crippen LogP contribution in [0.15, 0.2) is 0 Å². The first-order valence-electron chi connectivity index (χ1n) is 7.07. The molecular weight excluding hydrogens is 230 g/mol. The summed E-state index contributed by atoms with van der Waals surface area (Å²) in [5.41, 5.74) is 0. The lowest BCUT2D eigenvalue weighted by Crippen LogP contribution is -2.32. The van der Waals surface area contributed by atoms with Crippen LogP contribution in [0.4, 0.5) is 0 Å². The van der Waals surface area contributed by atoms with Crippen LogP contribution < -0.4 is 5.32 Å². The third kappa shape index (κ3) is 11.4. The number of carbonyl (C=O) groups excluding carboxylic acids is 1. The van der Waals surface area contributed by atoms with Gasteiger partial charge in [-0.2, -0.15) is 0 Å². The largest absolute Gasteiger partial charge is 0.481 e. The number of unbranched alkanes of at least 4 members (excludes halogenated alkanes) is 5. The number of carboxylic acid groups (broad SMARTS) is 1. The summed E-state index contributed by atoms with van der Waals surface area (Å²) >= 11 is 0. The fraction of sp³-hybridized carbons (Fsp3) is 0.857. The van der Waals surface area contributed by atoms with E-state index in [0.29, 0.717) is 12.8 Å². The molecule has 0 saturated heterocycles. The fourth-order valence-corrected chi connectivity index (χ4v) is 1.83. The Bertz CT molecular complexity index is 241. The summed E-state index contributed by atoms with van der Waals surface area (Å²) < 4.78 is 0. The van der Waals surface area contributed by atoms with Gasteiger partial charge >= 0.3 is 5.97 Å². The topological polar surface area (TPSA) is 66.4 Å². The molecule has 0 saturated carbocycles. The lowest BCUT2D eigenvalue weighted by atomic mass is 10.1. The lowest BCUT2D eigenvalue weighted by molar-refractivity contribution is -0.137. The SMILES string of the molecule is CCCCCCCCC(=O)NC(C)CCC(=O)O. The molecule has 1 unspecified atom stereocenters. The van der Waals surface area contributed by atoms with Gasteiger partial charge < -0.3 is 10.4 Å². The molecule has 0 aromatic rings. The highest BCUT2D eigenvalue weighted by atomic mass is 16.4. The summed E-state index contributed by atoms with van der Waals surface area (Å²) in [5, 5.41) is 11.4. The molecule has 106 valence electrons. The third-order valence-corrected chi connectivity index (χ3v) is 2.96. The van der Waals surface area contributed by atoms with E-state index in [2.05, 4.69) is 12.2 Å². The molecule has 2 N–H and O–H groups in total. The van der Waals surface area contributed by atoms with Gasteiger partial charge in [0.25, 0.3) is 0 Å². The molecule has 0 rings (SSSR count). The Morgan fingerprint density at radius 3 is 2.28 bits per heavy atom. The number of carbonyl (C=O) groups is 2. The molecule has 18 heavy (non-hydrogen) atoms. The van der Waals surface area contributed by atoms with Crippen molar-refractivity contribution in [3.8, 4) is 0 Å². The third-order valence-electron chi connectivity index (χ3n) is 2.96. The van der Waals surface area contributed by atoms with E-state index in [1.165, 1.54) is 25.7 Å². The minimum Gasteiger partial charge on any atom is -0.481 e. The zero-order valence-electron chi connectivity index (χ0n) is 11.7. The number of amides is 1. The van der Waals surface area contributed by atoms with Gasteiger partial charge in [0.15, 0.2) is 0 Å². The maximum absolute atomic E-state index is 11.5. The molecular formula is C14H27NO3.